The van der Waals surface area contributed by atoms with Crippen LogP contribution in [0.2, 0.25) is 10.0 Å². The van der Waals surface area contributed by atoms with Crippen LogP contribution in [0, 0.1) is 0 Å². The molecule has 1 aliphatic heterocycles. The Bertz CT molecular complexity index is 1420. The van der Waals surface area contributed by atoms with Crippen LogP contribution in [-0.4, -0.2) is 11.0 Å². The number of anilines is 1. The van der Waals surface area contributed by atoms with Crippen molar-refractivity contribution in [3.8, 4) is 17.1 Å². The summed E-state index contributed by atoms with van der Waals surface area (Å²) in [5, 5.41) is 11.3. The molecule has 3 aromatic carbocycles. The molecule has 0 saturated heterocycles. The molecule has 2 heterocycles. The Hall–Kier alpha value is -3.73. The van der Waals surface area contributed by atoms with Crippen molar-refractivity contribution in [2.24, 2.45) is 0 Å². The number of halogens is 2. The quantitative estimate of drug-likeness (QED) is 0.313. The van der Waals surface area contributed by atoms with E-state index < -0.39 is 0 Å². The minimum absolute atomic E-state index is 0.0221. The third kappa shape index (κ3) is 4.07. The van der Waals surface area contributed by atoms with E-state index in [2.05, 4.69) is 0 Å². The lowest BCUT2D eigenvalue weighted by atomic mass is 10.1. The van der Waals surface area contributed by atoms with Crippen molar-refractivity contribution in [3.63, 3.8) is 0 Å². The van der Waals surface area contributed by atoms with E-state index in [1.54, 1.807) is 54.6 Å². The highest BCUT2D eigenvalue weighted by molar-refractivity contribution is 6.42. The fourth-order valence-electron chi connectivity index (χ4n) is 3.72. The van der Waals surface area contributed by atoms with Crippen LogP contribution < -0.4 is 4.90 Å². The van der Waals surface area contributed by atoms with Gasteiger partial charge in [0.05, 0.1) is 21.4 Å². The maximum atomic E-state index is 13.4. The lowest BCUT2D eigenvalue weighted by Gasteiger charge is -2.21. The van der Waals surface area contributed by atoms with E-state index in [-0.39, 0.29) is 11.7 Å². The second kappa shape index (κ2) is 8.66. The molecule has 1 N–H and O–H groups in total. The van der Waals surface area contributed by atoms with Crippen molar-refractivity contribution in [2.45, 2.75) is 0 Å². The molecule has 1 aliphatic rings. The fourth-order valence-corrected chi connectivity index (χ4v) is 4.02. The molecular formula is C27H17Cl2NO3. The third-order valence-corrected chi connectivity index (χ3v) is 6.04. The highest BCUT2D eigenvalue weighted by atomic mass is 35.5. The van der Waals surface area contributed by atoms with Crippen LogP contribution in [-0.2, 0) is 4.79 Å². The summed E-state index contributed by atoms with van der Waals surface area (Å²) in [6.45, 7) is 0. The van der Waals surface area contributed by atoms with Gasteiger partial charge in [-0.3, -0.25) is 9.69 Å². The lowest BCUT2D eigenvalue weighted by molar-refractivity contribution is -0.113. The highest BCUT2D eigenvalue weighted by Gasteiger charge is 2.32. The number of para-hydroxylation sites is 2. The van der Waals surface area contributed by atoms with Gasteiger partial charge in [-0.05, 0) is 60.2 Å². The number of rotatable bonds is 4. The molecule has 1 aromatic heterocycles. The SMILES string of the molecule is O=C1/C(=C/c2ccc(-c3ccc(Cl)c(Cl)c3)o2)C=C(c2ccccc2)N1c1ccccc1O. The molecule has 5 rings (SSSR count). The van der Waals surface area contributed by atoms with Gasteiger partial charge in [0, 0.05) is 11.1 Å². The number of furan rings is 1. The van der Waals surface area contributed by atoms with Gasteiger partial charge in [-0.1, -0.05) is 65.7 Å². The number of aromatic hydroxyl groups is 1. The molecule has 1 amide bonds. The summed E-state index contributed by atoms with van der Waals surface area (Å²) < 4.78 is 5.95. The number of benzene rings is 3. The first kappa shape index (κ1) is 21.1. The Morgan fingerprint density at radius 3 is 2.33 bits per heavy atom. The topological polar surface area (TPSA) is 53.7 Å². The van der Waals surface area contributed by atoms with Gasteiger partial charge in [0.15, 0.2) is 0 Å². The van der Waals surface area contributed by atoms with Gasteiger partial charge in [-0.2, -0.15) is 0 Å². The van der Waals surface area contributed by atoms with E-state index in [9.17, 15) is 9.90 Å². The zero-order valence-corrected chi connectivity index (χ0v) is 18.7. The van der Waals surface area contributed by atoms with Crippen molar-refractivity contribution in [3.05, 3.63) is 118 Å². The molecule has 0 fully saturated rings. The molecule has 0 aliphatic carbocycles. The second-order valence-electron chi connectivity index (χ2n) is 7.46. The van der Waals surface area contributed by atoms with Crippen molar-refractivity contribution >= 4 is 46.6 Å². The summed E-state index contributed by atoms with van der Waals surface area (Å²) in [4.78, 5) is 14.9. The monoisotopic (exact) mass is 473 g/mol. The molecule has 162 valence electrons. The predicted molar refractivity (Wildman–Crippen MR) is 132 cm³/mol. The summed E-state index contributed by atoms with van der Waals surface area (Å²) in [6, 6.07) is 25.2. The van der Waals surface area contributed by atoms with E-state index in [1.165, 1.54) is 4.90 Å². The number of nitrogens with zero attached hydrogens (tertiary/aromatic N) is 1. The standard InChI is InChI=1S/C27H17Cl2NO3/c28-21-12-10-18(15-22(21)29)26-13-11-20(33-26)14-19-16-24(17-6-2-1-3-7-17)30(27(19)32)23-8-4-5-9-25(23)31/h1-16,31H/b19-14+. The van der Waals surface area contributed by atoms with E-state index in [0.717, 1.165) is 11.1 Å². The van der Waals surface area contributed by atoms with E-state index >= 15 is 0 Å². The zero-order valence-electron chi connectivity index (χ0n) is 17.2. The molecule has 0 bridgehead atoms. The van der Waals surface area contributed by atoms with Crippen LogP contribution in [0.5, 0.6) is 5.75 Å². The Kier molecular flexibility index (Phi) is 5.55. The van der Waals surface area contributed by atoms with E-state index in [0.29, 0.717) is 38.5 Å². The largest absolute Gasteiger partial charge is 0.506 e. The summed E-state index contributed by atoms with van der Waals surface area (Å²) >= 11 is 12.1. The first-order valence-corrected chi connectivity index (χ1v) is 10.9. The molecule has 4 nitrogen and oxygen atoms in total. The van der Waals surface area contributed by atoms with Crippen LogP contribution in [0.4, 0.5) is 5.69 Å². The van der Waals surface area contributed by atoms with Crippen molar-refractivity contribution in [1.82, 2.24) is 0 Å². The van der Waals surface area contributed by atoms with Gasteiger partial charge in [-0.25, -0.2) is 0 Å². The van der Waals surface area contributed by atoms with Gasteiger partial charge in [0.1, 0.15) is 17.3 Å². The van der Waals surface area contributed by atoms with Gasteiger partial charge in [0.2, 0.25) is 0 Å². The van der Waals surface area contributed by atoms with Crippen molar-refractivity contribution in [1.29, 1.82) is 0 Å². The first-order chi connectivity index (χ1) is 16.0. The molecule has 4 aromatic rings. The predicted octanol–water partition coefficient (Wildman–Crippen LogP) is 7.43. The smallest absolute Gasteiger partial charge is 0.263 e. The average Bonchev–Trinajstić information content (AvgIpc) is 3.42. The Morgan fingerprint density at radius 1 is 0.818 bits per heavy atom. The molecule has 6 heteroatoms. The van der Waals surface area contributed by atoms with E-state index in [1.807, 2.05) is 42.5 Å². The molecule has 0 spiro atoms. The molecule has 0 unspecified atom stereocenters. The maximum Gasteiger partial charge on any atom is 0.263 e. The summed E-state index contributed by atoms with van der Waals surface area (Å²) in [5.74, 6) is 0.884. The van der Waals surface area contributed by atoms with Crippen molar-refractivity contribution < 1.29 is 14.3 Å². The number of amides is 1. The fraction of sp³-hybridized carbons (Fsp3) is 0. The second-order valence-corrected chi connectivity index (χ2v) is 8.27. The van der Waals surface area contributed by atoms with Crippen LogP contribution in [0.15, 0.2) is 101 Å². The number of carbonyl (C=O) groups excluding carboxylic acids is 1. The molecule has 0 atom stereocenters. The van der Waals surface area contributed by atoms with Crippen LogP contribution in [0.1, 0.15) is 11.3 Å². The molecular weight excluding hydrogens is 457 g/mol. The summed E-state index contributed by atoms with van der Waals surface area (Å²) in [7, 11) is 0. The Balaban J connectivity index is 1.55. The number of hydrogen-bond acceptors (Lipinski definition) is 3. The van der Waals surface area contributed by atoms with E-state index in [4.69, 9.17) is 27.6 Å². The lowest BCUT2D eigenvalue weighted by Crippen LogP contribution is -2.25. The van der Waals surface area contributed by atoms with Crippen LogP contribution >= 0.6 is 23.2 Å². The Labute approximate surface area is 200 Å². The number of phenols is 1. The van der Waals surface area contributed by atoms with Gasteiger partial charge in [0.25, 0.3) is 5.91 Å². The minimum Gasteiger partial charge on any atom is -0.506 e. The molecule has 33 heavy (non-hydrogen) atoms. The highest BCUT2D eigenvalue weighted by Crippen LogP contribution is 2.39. The normalized spacial score (nSPS) is 14.7. The third-order valence-electron chi connectivity index (χ3n) is 5.30. The number of carbonyl (C=O) groups is 1. The minimum atomic E-state index is -0.261. The maximum absolute atomic E-state index is 13.4. The van der Waals surface area contributed by atoms with Gasteiger partial charge in [-0.15, -0.1) is 0 Å². The number of hydrogen-bond donors (Lipinski definition) is 1. The Morgan fingerprint density at radius 2 is 1.58 bits per heavy atom. The zero-order chi connectivity index (χ0) is 22.9. The summed E-state index contributed by atoms with van der Waals surface area (Å²) in [5.41, 5.74) is 3.16. The summed E-state index contributed by atoms with van der Waals surface area (Å²) in [6.07, 6.45) is 3.48. The molecule has 0 radical (unpaired) electrons. The molecule has 0 saturated carbocycles. The van der Waals surface area contributed by atoms with Crippen LogP contribution in [0.3, 0.4) is 0 Å². The first-order valence-electron chi connectivity index (χ1n) is 10.2. The van der Waals surface area contributed by atoms with Crippen LogP contribution in [0.25, 0.3) is 23.1 Å². The average molecular weight is 474 g/mol. The van der Waals surface area contributed by atoms with Gasteiger partial charge >= 0.3 is 0 Å². The van der Waals surface area contributed by atoms with Crippen molar-refractivity contribution in [2.75, 3.05) is 4.90 Å². The number of phenolic OH excluding ortho intramolecular Hbond substituents is 1. The van der Waals surface area contributed by atoms with Gasteiger partial charge < -0.3 is 9.52 Å².